The van der Waals surface area contributed by atoms with Crippen molar-refractivity contribution >= 4 is 39.2 Å². The first-order valence-corrected chi connectivity index (χ1v) is 11.6. The largest absolute Gasteiger partial charge is 0.449 e. The van der Waals surface area contributed by atoms with E-state index in [1.807, 2.05) is 0 Å². The predicted octanol–water partition coefficient (Wildman–Crippen LogP) is 2.79. The summed E-state index contributed by atoms with van der Waals surface area (Å²) in [7, 11) is -2.39. The van der Waals surface area contributed by atoms with E-state index in [1.54, 1.807) is 30.3 Å². The number of carbonyl (C=O) groups is 3. The molecule has 0 spiro atoms. The molecule has 0 heterocycles. The van der Waals surface area contributed by atoms with Crippen LogP contribution in [-0.2, 0) is 19.6 Å². The first kappa shape index (κ1) is 24.5. The third-order valence-electron chi connectivity index (χ3n) is 4.96. The van der Waals surface area contributed by atoms with Gasteiger partial charge in [-0.2, -0.15) is 0 Å². The second-order valence-electron chi connectivity index (χ2n) is 7.31. The highest BCUT2D eigenvalue weighted by Gasteiger charge is 2.23. The Balaban J connectivity index is 1.63. The zero-order valence-corrected chi connectivity index (χ0v) is 19.3. The van der Waals surface area contributed by atoms with Gasteiger partial charge in [-0.1, -0.05) is 18.2 Å². The highest BCUT2D eigenvalue weighted by atomic mass is 32.2. The maximum absolute atomic E-state index is 12.8. The maximum atomic E-state index is 12.8. The van der Waals surface area contributed by atoms with Gasteiger partial charge in [0.2, 0.25) is 5.91 Å². The average Bonchev–Trinajstić information content (AvgIpc) is 2.84. The Labute approximate surface area is 197 Å². The molecule has 3 rings (SSSR count). The fraction of sp³-hybridized carbons (Fsp3) is 0.125. The van der Waals surface area contributed by atoms with Crippen molar-refractivity contribution in [3.05, 3.63) is 90.0 Å². The van der Waals surface area contributed by atoms with Crippen LogP contribution in [0.1, 0.15) is 27.6 Å². The van der Waals surface area contributed by atoms with Crippen LogP contribution in [0.3, 0.4) is 0 Å². The molecule has 0 aliphatic heterocycles. The summed E-state index contributed by atoms with van der Waals surface area (Å²) in [6, 6.07) is 19.7. The van der Waals surface area contributed by atoms with Gasteiger partial charge in [0.1, 0.15) is 0 Å². The van der Waals surface area contributed by atoms with Crippen LogP contribution in [0.2, 0.25) is 0 Å². The van der Waals surface area contributed by atoms with E-state index in [9.17, 15) is 22.8 Å². The van der Waals surface area contributed by atoms with Crippen LogP contribution in [0.25, 0.3) is 0 Å². The Morgan fingerprint density at radius 1 is 0.882 bits per heavy atom. The van der Waals surface area contributed by atoms with Gasteiger partial charge in [-0.05, 0) is 67.6 Å². The number of para-hydroxylation sites is 1. The fourth-order valence-corrected chi connectivity index (χ4v) is 4.14. The van der Waals surface area contributed by atoms with E-state index >= 15 is 0 Å². The number of amides is 2. The Hall–Kier alpha value is -4.18. The van der Waals surface area contributed by atoms with Crippen LogP contribution < -0.4 is 15.4 Å². The minimum Gasteiger partial charge on any atom is -0.449 e. The lowest BCUT2D eigenvalue weighted by atomic mass is 10.2. The van der Waals surface area contributed by atoms with Crippen LogP contribution in [0, 0.1) is 0 Å². The molecular formula is C24H23N3O6S. The van der Waals surface area contributed by atoms with Crippen LogP contribution in [0.5, 0.6) is 0 Å². The number of primary amides is 1. The first-order chi connectivity index (χ1) is 16.1. The van der Waals surface area contributed by atoms with Gasteiger partial charge in [0.05, 0.1) is 16.1 Å². The molecule has 0 bridgehead atoms. The molecule has 0 saturated carbocycles. The summed E-state index contributed by atoms with van der Waals surface area (Å²) < 4.78 is 32.0. The van der Waals surface area contributed by atoms with E-state index in [-0.39, 0.29) is 16.0 Å². The number of hydrogen-bond donors (Lipinski definition) is 2. The van der Waals surface area contributed by atoms with E-state index in [4.69, 9.17) is 10.5 Å². The SMILES string of the molecule is C[C@@H](OC(=O)c1ccc(S(=O)(=O)N(C)c2ccccc2)cc1)C(=O)Nc1ccc(C(N)=O)cc1. The van der Waals surface area contributed by atoms with Gasteiger partial charge in [-0.3, -0.25) is 13.9 Å². The second-order valence-corrected chi connectivity index (χ2v) is 9.28. The molecule has 0 radical (unpaired) electrons. The Bertz CT molecular complexity index is 1290. The van der Waals surface area contributed by atoms with Crippen molar-refractivity contribution in [3.8, 4) is 0 Å². The Morgan fingerprint density at radius 3 is 2.00 bits per heavy atom. The number of nitrogens with one attached hydrogen (secondary N) is 1. The first-order valence-electron chi connectivity index (χ1n) is 10.2. The van der Waals surface area contributed by atoms with Crippen LogP contribution >= 0.6 is 0 Å². The Kier molecular flexibility index (Phi) is 7.32. The van der Waals surface area contributed by atoms with Gasteiger partial charge < -0.3 is 15.8 Å². The summed E-state index contributed by atoms with van der Waals surface area (Å²) in [5.41, 5.74) is 6.45. The number of benzene rings is 3. The van der Waals surface area contributed by atoms with E-state index < -0.39 is 33.9 Å². The number of sulfonamides is 1. The Morgan fingerprint density at radius 2 is 1.44 bits per heavy atom. The molecule has 3 aromatic rings. The van der Waals surface area contributed by atoms with Gasteiger partial charge in [-0.25, -0.2) is 13.2 Å². The second kappa shape index (κ2) is 10.2. The summed E-state index contributed by atoms with van der Waals surface area (Å²) in [5, 5.41) is 2.57. The van der Waals surface area contributed by atoms with Gasteiger partial charge in [0.15, 0.2) is 6.10 Å². The molecule has 176 valence electrons. The lowest BCUT2D eigenvalue weighted by Crippen LogP contribution is -2.30. The van der Waals surface area contributed by atoms with Crippen LogP contribution in [0.4, 0.5) is 11.4 Å². The van der Waals surface area contributed by atoms with E-state index in [0.717, 1.165) is 4.31 Å². The normalized spacial score (nSPS) is 11.8. The molecule has 0 unspecified atom stereocenters. The minimum absolute atomic E-state index is 0.000558. The lowest BCUT2D eigenvalue weighted by molar-refractivity contribution is -0.123. The number of anilines is 2. The predicted molar refractivity (Wildman–Crippen MR) is 127 cm³/mol. The number of nitrogens with zero attached hydrogens (tertiary/aromatic N) is 1. The number of nitrogens with two attached hydrogens (primary N) is 1. The smallest absolute Gasteiger partial charge is 0.338 e. The molecule has 10 heteroatoms. The van der Waals surface area contributed by atoms with Crippen molar-refractivity contribution in [2.75, 3.05) is 16.7 Å². The number of esters is 1. The molecule has 34 heavy (non-hydrogen) atoms. The summed E-state index contributed by atoms with van der Waals surface area (Å²) in [5.74, 6) is -1.96. The summed E-state index contributed by atoms with van der Waals surface area (Å²) in [6.07, 6.45) is -1.13. The third-order valence-corrected chi connectivity index (χ3v) is 6.76. The molecule has 0 saturated heterocycles. The summed E-state index contributed by atoms with van der Waals surface area (Å²) in [6.45, 7) is 1.40. The van der Waals surface area contributed by atoms with Gasteiger partial charge >= 0.3 is 5.97 Å². The van der Waals surface area contributed by atoms with Gasteiger partial charge in [0.25, 0.3) is 15.9 Å². The van der Waals surface area contributed by atoms with Crippen molar-refractivity contribution in [1.82, 2.24) is 0 Å². The van der Waals surface area contributed by atoms with E-state index in [2.05, 4.69) is 5.32 Å². The molecule has 1 atom stereocenters. The average molecular weight is 482 g/mol. The molecule has 0 aliphatic carbocycles. The van der Waals surface area contributed by atoms with Crippen molar-refractivity contribution in [2.24, 2.45) is 5.73 Å². The number of ether oxygens (including phenoxy) is 1. The zero-order valence-electron chi connectivity index (χ0n) is 18.5. The quantitative estimate of drug-likeness (QED) is 0.475. The molecule has 9 nitrogen and oxygen atoms in total. The van der Waals surface area contributed by atoms with E-state index in [1.165, 1.54) is 62.5 Å². The summed E-state index contributed by atoms with van der Waals surface area (Å²) >= 11 is 0. The number of rotatable bonds is 8. The fourth-order valence-electron chi connectivity index (χ4n) is 2.94. The summed E-state index contributed by atoms with van der Waals surface area (Å²) in [4.78, 5) is 35.9. The van der Waals surface area contributed by atoms with Crippen LogP contribution in [0.15, 0.2) is 83.8 Å². The molecule has 0 fully saturated rings. The van der Waals surface area contributed by atoms with Crippen molar-refractivity contribution in [2.45, 2.75) is 17.9 Å². The topological polar surface area (TPSA) is 136 Å². The number of hydrogen-bond acceptors (Lipinski definition) is 6. The maximum Gasteiger partial charge on any atom is 0.338 e. The molecular weight excluding hydrogens is 458 g/mol. The monoisotopic (exact) mass is 481 g/mol. The highest BCUT2D eigenvalue weighted by molar-refractivity contribution is 7.92. The molecule has 0 aromatic heterocycles. The van der Waals surface area contributed by atoms with E-state index in [0.29, 0.717) is 11.4 Å². The van der Waals surface area contributed by atoms with Crippen molar-refractivity contribution < 1.29 is 27.5 Å². The third kappa shape index (κ3) is 5.59. The highest BCUT2D eigenvalue weighted by Crippen LogP contribution is 2.22. The molecule has 0 aliphatic rings. The minimum atomic E-state index is -3.83. The standard InChI is InChI=1S/C24H23N3O6S/c1-16(23(29)26-19-12-8-17(9-13-19)22(25)28)33-24(30)18-10-14-21(15-11-18)34(31,32)27(2)20-6-4-3-5-7-20/h3-16H,1-2H3,(H2,25,28)(H,26,29)/t16-/m1/s1. The molecule has 3 N–H and O–H groups in total. The van der Waals surface area contributed by atoms with Gasteiger partial charge in [0, 0.05) is 18.3 Å². The zero-order chi connectivity index (χ0) is 24.9. The van der Waals surface area contributed by atoms with Crippen molar-refractivity contribution in [1.29, 1.82) is 0 Å². The lowest BCUT2D eigenvalue weighted by Gasteiger charge is -2.19. The van der Waals surface area contributed by atoms with Gasteiger partial charge in [-0.15, -0.1) is 0 Å². The molecule has 3 aromatic carbocycles. The van der Waals surface area contributed by atoms with Crippen LogP contribution in [-0.4, -0.2) is 39.4 Å². The number of carbonyl (C=O) groups excluding carboxylic acids is 3. The molecule has 2 amide bonds. The van der Waals surface area contributed by atoms with Crippen molar-refractivity contribution in [3.63, 3.8) is 0 Å².